The Hall–Kier alpha value is -1.04. The molecule has 1 amide bonds. The zero-order chi connectivity index (χ0) is 11.8. The minimum atomic E-state index is -3.14. The van der Waals surface area contributed by atoms with E-state index >= 15 is 0 Å². The Balaban J connectivity index is 2.37. The highest BCUT2D eigenvalue weighted by Crippen LogP contribution is 2.59. The van der Waals surface area contributed by atoms with Gasteiger partial charge in [-0.2, -0.15) is 0 Å². The first-order valence-electron chi connectivity index (χ1n) is 5.13. The number of carbonyl (C=O) groups is 1. The van der Waals surface area contributed by atoms with Crippen molar-refractivity contribution in [1.82, 2.24) is 4.31 Å². The molecule has 4 nitrogen and oxygen atoms in total. The minimum absolute atomic E-state index is 0.326. The quantitative estimate of drug-likeness (QED) is 0.853. The standard InChI is InChI=1S/C11H14NO3S/c1-2-3-8-12-11(13)9-6-4-5-7-10(9)16(12,14)15/h4-8,14-15H,2-3H2,1H3. The number of unbranched alkanes of at least 4 members (excludes halogenated alkanes) is 1. The molecule has 16 heavy (non-hydrogen) atoms. The first-order valence-corrected chi connectivity index (χ1v) is 6.63. The van der Waals surface area contributed by atoms with Gasteiger partial charge in [-0.3, -0.25) is 13.9 Å². The zero-order valence-corrected chi connectivity index (χ0v) is 9.78. The highest BCUT2D eigenvalue weighted by atomic mass is 32.3. The normalized spacial score (nSPS) is 19.7. The summed E-state index contributed by atoms with van der Waals surface area (Å²) in [5.41, 5.74) is 0.384. The number of hydrogen-bond acceptors (Lipinski definition) is 3. The molecule has 0 atom stereocenters. The smallest absolute Gasteiger partial charge is 0.274 e. The number of amides is 1. The average Bonchev–Trinajstić information content (AvgIpc) is 2.46. The zero-order valence-electron chi connectivity index (χ0n) is 8.96. The molecule has 1 aliphatic rings. The summed E-state index contributed by atoms with van der Waals surface area (Å²) in [4.78, 5) is 12.2. The molecule has 1 aliphatic heterocycles. The van der Waals surface area contributed by atoms with Gasteiger partial charge >= 0.3 is 0 Å². The Morgan fingerprint density at radius 1 is 1.38 bits per heavy atom. The molecule has 1 aromatic rings. The van der Waals surface area contributed by atoms with E-state index in [1.165, 1.54) is 0 Å². The van der Waals surface area contributed by atoms with E-state index in [1.54, 1.807) is 30.8 Å². The van der Waals surface area contributed by atoms with Crippen molar-refractivity contribution in [3.05, 3.63) is 36.4 Å². The highest BCUT2D eigenvalue weighted by Gasteiger charge is 2.40. The molecule has 1 aromatic carbocycles. The summed E-state index contributed by atoms with van der Waals surface area (Å²) in [6.07, 6.45) is 1.51. The predicted octanol–water partition coefficient (Wildman–Crippen LogP) is 3.13. The first-order chi connectivity index (χ1) is 7.59. The Bertz CT molecular complexity index is 419. The molecule has 1 heterocycles. The maximum Gasteiger partial charge on any atom is 0.274 e. The SMILES string of the molecule is CCC[CH]N1C(=O)c2ccccc2S1(O)O. The Labute approximate surface area is 96.4 Å². The van der Waals surface area contributed by atoms with Crippen LogP contribution in [0.2, 0.25) is 0 Å². The van der Waals surface area contributed by atoms with Crippen molar-refractivity contribution in [3.8, 4) is 0 Å². The fourth-order valence-electron chi connectivity index (χ4n) is 1.66. The van der Waals surface area contributed by atoms with Crippen molar-refractivity contribution in [1.29, 1.82) is 0 Å². The van der Waals surface area contributed by atoms with Gasteiger partial charge in [0.15, 0.2) is 0 Å². The lowest BCUT2D eigenvalue weighted by molar-refractivity contribution is 0.0884. The summed E-state index contributed by atoms with van der Waals surface area (Å²) in [6.45, 7) is 3.54. The van der Waals surface area contributed by atoms with Crippen LogP contribution in [0, 0.1) is 6.54 Å². The molecule has 0 aliphatic carbocycles. The molecule has 0 saturated heterocycles. The third kappa shape index (κ3) is 1.61. The summed E-state index contributed by atoms with van der Waals surface area (Å²) in [6, 6.07) is 6.62. The van der Waals surface area contributed by atoms with Crippen molar-refractivity contribution < 1.29 is 13.9 Å². The fourth-order valence-corrected chi connectivity index (χ4v) is 3.22. The van der Waals surface area contributed by atoms with Crippen molar-refractivity contribution in [2.75, 3.05) is 0 Å². The third-order valence-electron chi connectivity index (χ3n) is 2.47. The average molecular weight is 240 g/mol. The monoisotopic (exact) mass is 240 g/mol. The van der Waals surface area contributed by atoms with Crippen molar-refractivity contribution in [2.24, 2.45) is 0 Å². The minimum Gasteiger partial charge on any atom is -0.277 e. The van der Waals surface area contributed by atoms with Gasteiger partial charge in [-0.05, 0) is 18.6 Å². The summed E-state index contributed by atoms with van der Waals surface area (Å²) in [5, 5.41) is 0. The molecule has 5 heteroatoms. The summed E-state index contributed by atoms with van der Waals surface area (Å²) >= 11 is 0. The molecule has 1 radical (unpaired) electrons. The lowest BCUT2D eigenvalue weighted by Gasteiger charge is -2.36. The molecule has 0 spiro atoms. The molecule has 0 aromatic heterocycles. The van der Waals surface area contributed by atoms with Crippen LogP contribution in [0.4, 0.5) is 0 Å². The molecular formula is C11H14NO3S. The van der Waals surface area contributed by atoms with Gasteiger partial charge in [0.1, 0.15) is 0 Å². The number of hydrogen-bond donors (Lipinski definition) is 2. The molecule has 0 fully saturated rings. The molecule has 0 unspecified atom stereocenters. The van der Waals surface area contributed by atoms with Gasteiger partial charge in [0.2, 0.25) is 0 Å². The summed E-state index contributed by atoms with van der Waals surface area (Å²) < 4.78 is 21.1. The highest BCUT2D eigenvalue weighted by molar-refractivity contribution is 8.23. The Morgan fingerprint density at radius 2 is 2.06 bits per heavy atom. The second-order valence-corrected chi connectivity index (χ2v) is 5.49. The van der Waals surface area contributed by atoms with Crippen LogP contribution in [0.15, 0.2) is 29.2 Å². The van der Waals surface area contributed by atoms with Gasteiger partial charge in [0, 0.05) is 0 Å². The van der Waals surface area contributed by atoms with Gasteiger partial charge < -0.3 is 0 Å². The molecule has 0 bridgehead atoms. The van der Waals surface area contributed by atoms with E-state index in [0.29, 0.717) is 16.9 Å². The van der Waals surface area contributed by atoms with E-state index in [0.717, 1.165) is 10.7 Å². The van der Waals surface area contributed by atoms with Gasteiger partial charge in [-0.1, -0.05) is 36.3 Å². The van der Waals surface area contributed by atoms with Crippen LogP contribution < -0.4 is 0 Å². The van der Waals surface area contributed by atoms with Gasteiger partial charge in [-0.15, -0.1) is 0 Å². The van der Waals surface area contributed by atoms with Gasteiger partial charge in [0.25, 0.3) is 5.91 Å². The van der Waals surface area contributed by atoms with E-state index in [1.807, 2.05) is 6.92 Å². The lowest BCUT2D eigenvalue weighted by Crippen LogP contribution is -2.24. The van der Waals surface area contributed by atoms with Crippen molar-refractivity contribution >= 4 is 16.7 Å². The van der Waals surface area contributed by atoms with Crippen molar-refractivity contribution in [3.63, 3.8) is 0 Å². The number of nitrogens with zero attached hydrogens (tertiary/aromatic N) is 1. The van der Waals surface area contributed by atoms with Crippen LogP contribution in [-0.4, -0.2) is 19.3 Å². The first kappa shape index (κ1) is 11.4. The second-order valence-electron chi connectivity index (χ2n) is 3.62. The Morgan fingerprint density at radius 3 is 2.69 bits per heavy atom. The maximum absolute atomic E-state index is 11.9. The van der Waals surface area contributed by atoms with Crippen LogP contribution in [0.1, 0.15) is 30.1 Å². The van der Waals surface area contributed by atoms with E-state index in [2.05, 4.69) is 0 Å². The van der Waals surface area contributed by atoms with E-state index < -0.39 is 10.8 Å². The third-order valence-corrected chi connectivity index (χ3v) is 4.28. The number of carbonyl (C=O) groups excluding carboxylic acids is 1. The predicted molar refractivity (Wildman–Crippen MR) is 62.9 cm³/mol. The number of rotatable bonds is 3. The maximum atomic E-state index is 11.9. The molecule has 87 valence electrons. The van der Waals surface area contributed by atoms with Crippen LogP contribution in [0.5, 0.6) is 0 Å². The summed E-state index contributed by atoms with van der Waals surface area (Å²) in [5.74, 6) is -0.330. The molecular weight excluding hydrogens is 226 g/mol. The topological polar surface area (TPSA) is 60.8 Å². The van der Waals surface area contributed by atoms with E-state index in [-0.39, 0.29) is 5.91 Å². The van der Waals surface area contributed by atoms with Gasteiger partial charge in [-0.25, -0.2) is 4.31 Å². The van der Waals surface area contributed by atoms with Crippen molar-refractivity contribution in [2.45, 2.75) is 24.7 Å². The van der Waals surface area contributed by atoms with Gasteiger partial charge in [0.05, 0.1) is 17.0 Å². The number of fused-ring (bicyclic) bond motifs is 1. The van der Waals surface area contributed by atoms with Crippen LogP contribution >= 0.6 is 10.8 Å². The lowest BCUT2D eigenvalue weighted by atomic mass is 10.2. The van der Waals surface area contributed by atoms with E-state index in [9.17, 15) is 13.9 Å². The van der Waals surface area contributed by atoms with Crippen LogP contribution in [-0.2, 0) is 0 Å². The van der Waals surface area contributed by atoms with E-state index in [4.69, 9.17) is 0 Å². The molecule has 2 rings (SSSR count). The second kappa shape index (κ2) is 4.08. The molecule has 0 saturated carbocycles. The Kier molecular flexibility index (Phi) is 2.92. The fraction of sp³-hybridized carbons (Fsp3) is 0.273. The largest absolute Gasteiger partial charge is 0.277 e. The van der Waals surface area contributed by atoms with Crippen LogP contribution in [0.25, 0.3) is 0 Å². The number of benzene rings is 1. The summed E-state index contributed by atoms with van der Waals surface area (Å²) in [7, 11) is -3.14. The van der Waals surface area contributed by atoms with Crippen LogP contribution in [0.3, 0.4) is 0 Å². The molecule has 2 N–H and O–H groups in total.